The van der Waals surface area contributed by atoms with E-state index in [0.717, 1.165) is 32.4 Å². The van der Waals surface area contributed by atoms with Crippen LogP contribution in [0.1, 0.15) is 19.3 Å². The molecule has 1 rings (SSSR count). The van der Waals surface area contributed by atoms with Crippen LogP contribution in [0.3, 0.4) is 0 Å². The van der Waals surface area contributed by atoms with Crippen LogP contribution in [-0.2, 0) is 9.53 Å². The zero-order chi connectivity index (χ0) is 10.4. The average molecular weight is 202 g/mol. The highest BCUT2D eigenvalue weighted by Gasteiger charge is 2.15. The zero-order valence-electron chi connectivity index (χ0n) is 8.24. The SMILES string of the molecule is NC(CNCCC1CCCO1)C(=O)O. The van der Waals surface area contributed by atoms with Crippen LogP contribution >= 0.6 is 0 Å². The number of carbonyl (C=O) groups is 1. The first-order valence-electron chi connectivity index (χ1n) is 5.01. The number of nitrogens with two attached hydrogens (primary N) is 1. The molecule has 0 bridgehead atoms. The number of aliphatic carboxylic acids is 1. The van der Waals surface area contributed by atoms with E-state index in [1.807, 2.05) is 0 Å². The van der Waals surface area contributed by atoms with Crippen LogP contribution in [0.2, 0.25) is 0 Å². The number of hydrogen-bond donors (Lipinski definition) is 3. The van der Waals surface area contributed by atoms with Gasteiger partial charge in [-0.05, 0) is 25.8 Å². The summed E-state index contributed by atoms with van der Waals surface area (Å²) >= 11 is 0. The van der Waals surface area contributed by atoms with Crippen LogP contribution in [0.25, 0.3) is 0 Å². The predicted molar refractivity (Wildman–Crippen MR) is 52.1 cm³/mol. The molecule has 1 fully saturated rings. The predicted octanol–water partition coefficient (Wildman–Crippen LogP) is -0.443. The van der Waals surface area contributed by atoms with E-state index >= 15 is 0 Å². The Morgan fingerprint density at radius 2 is 2.50 bits per heavy atom. The van der Waals surface area contributed by atoms with Gasteiger partial charge in [-0.25, -0.2) is 0 Å². The average Bonchev–Trinajstić information content (AvgIpc) is 2.64. The van der Waals surface area contributed by atoms with Crippen molar-refractivity contribution in [2.45, 2.75) is 31.4 Å². The maximum atomic E-state index is 10.4. The monoisotopic (exact) mass is 202 g/mol. The standard InChI is InChI=1S/C9H18N2O3/c10-8(9(12)13)6-11-4-3-7-2-1-5-14-7/h7-8,11H,1-6,10H2,(H,12,13). The first-order chi connectivity index (χ1) is 6.70. The molecule has 1 saturated heterocycles. The van der Waals surface area contributed by atoms with Crippen LogP contribution in [-0.4, -0.2) is 42.9 Å². The molecule has 1 heterocycles. The summed E-state index contributed by atoms with van der Waals surface area (Å²) in [5, 5.41) is 11.5. The van der Waals surface area contributed by atoms with Gasteiger partial charge in [0.2, 0.25) is 0 Å². The number of ether oxygens (including phenoxy) is 1. The smallest absolute Gasteiger partial charge is 0.321 e. The molecule has 5 heteroatoms. The second kappa shape index (κ2) is 5.95. The zero-order valence-corrected chi connectivity index (χ0v) is 8.24. The maximum Gasteiger partial charge on any atom is 0.321 e. The quantitative estimate of drug-likeness (QED) is 0.508. The molecule has 0 aliphatic carbocycles. The Hall–Kier alpha value is -0.650. The van der Waals surface area contributed by atoms with Crippen molar-refractivity contribution in [3.63, 3.8) is 0 Å². The summed E-state index contributed by atoms with van der Waals surface area (Å²) in [4.78, 5) is 10.4. The van der Waals surface area contributed by atoms with Crippen LogP contribution in [0.5, 0.6) is 0 Å². The van der Waals surface area contributed by atoms with E-state index in [2.05, 4.69) is 5.32 Å². The van der Waals surface area contributed by atoms with Crippen molar-refractivity contribution in [3.05, 3.63) is 0 Å². The summed E-state index contributed by atoms with van der Waals surface area (Å²) < 4.78 is 5.42. The van der Waals surface area contributed by atoms with Crippen LogP contribution in [0, 0.1) is 0 Å². The van der Waals surface area contributed by atoms with Crippen molar-refractivity contribution >= 4 is 5.97 Å². The van der Waals surface area contributed by atoms with Gasteiger partial charge < -0.3 is 20.9 Å². The molecule has 1 aliphatic rings. The van der Waals surface area contributed by atoms with Gasteiger partial charge in [-0.1, -0.05) is 0 Å². The van der Waals surface area contributed by atoms with Gasteiger partial charge in [-0.15, -0.1) is 0 Å². The van der Waals surface area contributed by atoms with Crippen molar-refractivity contribution in [2.24, 2.45) is 5.73 Å². The van der Waals surface area contributed by atoms with Crippen molar-refractivity contribution in [1.82, 2.24) is 5.32 Å². The number of hydrogen-bond acceptors (Lipinski definition) is 4. The summed E-state index contributed by atoms with van der Waals surface area (Å²) in [5.41, 5.74) is 5.32. The third-order valence-electron chi connectivity index (χ3n) is 2.35. The minimum absolute atomic E-state index is 0.321. The summed E-state index contributed by atoms with van der Waals surface area (Å²) in [5.74, 6) is -0.963. The minimum Gasteiger partial charge on any atom is -0.480 e. The van der Waals surface area contributed by atoms with E-state index in [-0.39, 0.29) is 0 Å². The molecule has 82 valence electrons. The van der Waals surface area contributed by atoms with Crippen LogP contribution < -0.4 is 11.1 Å². The van der Waals surface area contributed by atoms with E-state index in [1.54, 1.807) is 0 Å². The topological polar surface area (TPSA) is 84.6 Å². The number of nitrogens with one attached hydrogen (secondary N) is 1. The lowest BCUT2D eigenvalue weighted by molar-refractivity contribution is -0.138. The lowest BCUT2D eigenvalue weighted by Crippen LogP contribution is -2.40. The fraction of sp³-hybridized carbons (Fsp3) is 0.889. The summed E-state index contributed by atoms with van der Waals surface area (Å²) in [6.07, 6.45) is 3.54. The van der Waals surface area contributed by atoms with E-state index < -0.39 is 12.0 Å². The Bertz CT molecular complexity index is 181. The lowest BCUT2D eigenvalue weighted by atomic mass is 10.2. The Kier molecular flexibility index (Phi) is 4.86. The van der Waals surface area contributed by atoms with Gasteiger partial charge in [0.25, 0.3) is 0 Å². The molecule has 4 N–H and O–H groups in total. The van der Waals surface area contributed by atoms with E-state index in [0.29, 0.717) is 12.6 Å². The highest BCUT2D eigenvalue weighted by molar-refractivity contribution is 5.73. The molecular formula is C9H18N2O3. The highest BCUT2D eigenvalue weighted by Crippen LogP contribution is 2.14. The normalized spacial score (nSPS) is 23.6. The van der Waals surface area contributed by atoms with E-state index in [1.165, 1.54) is 0 Å². The maximum absolute atomic E-state index is 10.4. The number of carboxylic acids is 1. The van der Waals surface area contributed by atoms with Gasteiger partial charge in [0.15, 0.2) is 0 Å². The highest BCUT2D eigenvalue weighted by atomic mass is 16.5. The fourth-order valence-corrected chi connectivity index (χ4v) is 1.48. The van der Waals surface area contributed by atoms with Crippen molar-refractivity contribution in [1.29, 1.82) is 0 Å². The summed E-state index contributed by atoms with van der Waals surface area (Å²) in [6, 6.07) is -0.806. The molecule has 0 radical (unpaired) electrons. The number of rotatable bonds is 6. The largest absolute Gasteiger partial charge is 0.480 e. The molecule has 5 nitrogen and oxygen atoms in total. The van der Waals surface area contributed by atoms with Crippen LogP contribution in [0.15, 0.2) is 0 Å². The van der Waals surface area contributed by atoms with Gasteiger partial charge in [0, 0.05) is 13.2 Å². The molecule has 0 saturated carbocycles. The first kappa shape index (κ1) is 11.4. The van der Waals surface area contributed by atoms with Crippen molar-refractivity contribution < 1.29 is 14.6 Å². The van der Waals surface area contributed by atoms with Crippen molar-refractivity contribution in [2.75, 3.05) is 19.7 Å². The second-order valence-electron chi connectivity index (χ2n) is 3.57. The van der Waals surface area contributed by atoms with E-state index in [4.69, 9.17) is 15.6 Å². The Balaban J connectivity index is 1.95. The molecular weight excluding hydrogens is 184 g/mol. The van der Waals surface area contributed by atoms with Crippen LogP contribution in [0.4, 0.5) is 0 Å². The van der Waals surface area contributed by atoms with Gasteiger partial charge in [0.05, 0.1) is 6.10 Å². The molecule has 0 amide bonds. The third kappa shape index (κ3) is 4.04. The second-order valence-corrected chi connectivity index (χ2v) is 3.57. The van der Waals surface area contributed by atoms with Gasteiger partial charge >= 0.3 is 5.97 Å². The van der Waals surface area contributed by atoms with Gasteiger partial charge in [-0.3, -0.25) is 4.79 Å². The Morgan fingerprint density at radius 1 is 1.71 bits per heavy atom. The Morgan fingerprint density at radius 3 is 3.07 bits per heavy atom. The summed E-state index contributed by atoms with van der Waals surface area (Å²) in [7, 11) is 0. The molecule has 2 unspecified atom stereocenters. The van der Waals surface area contributed by atoms with Gasteiger partial charge in [-0.2, -0.15) is 0 Å². The molecule has 1 aliphatic heterocycles. The van der Waals surface area contributed by atoms with Crippen molar-refractivity contribution in [3.8, 4) is 0 Å². The lowest BCUT2D eigenvalue weighted by Gasteiger charge is -2.11. The Labute approximate surface area is 83.6 Å². The first-order valence-corrected chi connectivity index (χ1v) is 5.01. The molecule has 0 aromatic heterocycles. The minimum atomic E-state index is -0.963. The third-order valence-corrected chi connectivity index (χ3v) is 2.35. The number of carboxylic acid groups (broad SMARTS) is 1. The molecule has 14 heavy (non-hydrogen) atoms. The van der Waals surface area contributed by atoms with Gasteiger partial charge in [0.1, 0.15) is 6.04 Å². The summed E-state index contributed by atoms with van der Waals surface area (Å²) in [6.45, 7) is 1.95. The molecule has 0 spiro atoms. The fourth-order valence-electron chi connectivity index (χ4n) is 1.48. The molecule has 0 aromatic rings. The van der Waals surface area contributed by atoms with E-state index in [9.17, 15) is 4.79 Å². The molecule has 2 atom stereocenters. The molecule has 0 aromatic carbocycles.